The standard InChI is InChI=1S/C28H37FN2O4/c1-7-34-25(32)15-13-20-12-14-23(17-24(20)29)30(6)18-22-11-10-21-9-8-16-31(26(21)19(22)2)27(33)35-28(3,4)5/h10-12,14,17H,7-9,13,15-16,18H2,1-6H3. The SMILES string of the molecule is CCOC(=O)CCc1ccc(N(C)Cc2ccc3c(c2C)N(C(=O)OC(C)(C)C)CCC3)cc1F. The minimum Gasteiger partial charge on any atom is -0.466 e. The van der Waals surface area contributed by atoms with Crippen molar-refractivity contribution in [2.45, 2.75) is 72.4 Å². The smallest absolute Gasteiger partial charge is 0.414 e. The zero-order valence-corrected chi connectivity index (χ0v) is 21.7. The second-order valence-electron chi connectivity index (χ2n) is 10.0. The highest BCUT2D eigenvalue weighted by atomic mass is 19.1. The number of anilines is 2. The number of aryl methyl sites for hydroxylation is 2. The van der Waals surface area contributed by atoms with Crippen LogP contribution in [0.4, 0.5) is 20.6 Å². The van der Waals surface area contributed by atoms with Gasteiger partial charge in [0.25, 0.3) is 0 Å². The van der Waals surface area contributed by atoms with Gasteiger partial charge in [0, 0.05) is 32.2 Å². The molecule has 0 atom stereocenters. The lowest BCUT2D eigenvalue weighted by atomic mass is 9.94. The fraction of sp³-hybridized carbons (Fsp3) is 0.500. The molecule has 1 amide bonds. The maximum absolute atomic E-state index is 14.7. The van der Waals surface area contributed by atoms with Gasteiger partial charge < -0.3 is 14.4 Å². The van der Waals surface area contributed by atoms with Crippen molar-refractivity contribution in [2.75, 3.05) is 30.0 Å². The van der Waals surface area contributed by atoms with Crippen LogP contribution in [0.2, 0.25) is 0 Å². The summed E-state index contributed by atoms with van der Waals surface area (Å²) in [4.78, 5) is 28.2. The lowest BCUT2D eigenvalue weighted by molar-refractivity contribution is -0.143. The third kappa shape index (κ3) is 6.74. The molecule has 3 rings (SSSR count). The number of hydrogen-bond donors (Lipinski definition) is 0. The van der Waals surface area contributed by atoms with Crippen LogP contribution in [0, 0.1) is 12.7 Å². The molecule has 1 aliphatic rings. The van der Waals surface area contributed by atoms with E-state index in [1.54, 1.807) is 17.9 Å². The number of carbonyl (C=O) groups excluding carboxylic acids is 2. The third-order valence-corrected chi connectivity index (χ3v) is 6.13. The molecule has 0 spiro atoms. The summed E-state index contributed by atoms with van der Waals surface area (Å²) < 4.78 is 25.3. The van der Waals surface area contributed by atoms with Gasteiger partial charge in [0.1, 0.15) is 11.4 Å². The number of halogens is 1. The molecule has 0 bridgehead atoms. The highest BCUT2D eigenvalue weighted by Crippen LogP contribution is 2.34. The summed E-state index contributed by atoms with van der Waals surface area (Å²) in [5.74, 6) is -0.659. The first-order valence-corrected chi connectivity index (χ1v) is 12.3. The Morgan fingerprint density at radius 3 is 2.51 bits per heavy atom. The molecular formula is C28H37FN2O4. The van der Waals surface area contributed by atoms with Crippen molar-refractivity contribution < 1.29 is 23.5 Å². The normalized spacial score (nSPS) is 13.3. The molecule has 0 fully saturated rings. The van der Waals surface area contributed by atoms with Gasteiger partial charge in [0.05, 0.1) is 12.3 Å². The van der Waals surface area contributed by atoms with Crippen molar-refractivity contribution in [3.8, 4) is 0 Å². The molecule has 0 aliphatic carbocycles. The summed E-state index contributed by atoms with van der Waals surface area (Å²) in [6, 6.07) is 9.27. The van der Waals surface area contributed by atoms with Gasteiger partial charge in [-0.3, -0.25) is 9.69 Å². The summed E-state index contributed by atoms with van der Waals surface area (Å²) in [6.45, 7) is 10.9. The molecule has 2 aromatic carbocycles. The topological polar surface area (TPSA) is 59.1 Å². The van der Waals surface area contributed by atoms with E-state index < -0.39 is 5.60 Å². The predicted molar refractivity (Wildman–Crippen MR) is 137 cm³/mol. The van der Waals surface area contributed by atoms with Gasteiger partial charge in [-0.05, 0) is 88.3 Å². The number of carbonyl (C=O) groups is 2. The molecule has 7 heteroatoms. The van der Waals surface area contributed by atoms with E-state index in [9.17, 15) is 14.0 Å². The number of rotatable bonds is 7. The number of hydrogen-bond acceptors (Lipinski definition) is 5. The van der Waals surface area contributed by atoms with Crippen molar-refractivity contribution in [1.29, 1.82) is 0 Å². The quantitative estimate of drug-likeness (QED) is 0.454. The molecule has 190 valence electrons. The van der Waals surface area contributed by atoms with Crippen molar-refractivity contribution >= 4 is 23.4 Å². The van der Waals surface area contributed by atoms with Crippen LogP contribution in [0.15, 0.2) is 30.3 Å². The molecule has 0 radical (unpaired) electrons. The summed E-state index contributed by atoms with van der Waals surface area (Å²) in [7, 11) is 1.91. The van der Waals surface area contributed by atoms with E-state index in [4.69, 9.17) is 9.47 Å². The number of ether oxygens (including phenoxy) is 2. The second-order valence-corrected chi connectivity index (χ2v) is 10.0. The van der Waals surface area contributed by atoms with Crippen LogP contribution in [0.25, 0.3) is 0 Å². The van der Waals surface area contributed by atoms with Gasteiger partial charge in [-0.25, -0.2) is 9.18 Å². The number of amides is 1. The van der Waals surface area contributed by atoms with Crippen LogP contribution in [-0.4, -0.2) is 37.9 Å². The number of benzene rings is 2. The molecule has 6 nitrogen and oxygen atoms in total. The molecule has 1 aliphatic heterocycles. The van der Waals surface area contributed by atoms with Gasteiger partial charge in [-0.1, -0.05) is 18.2 Å². The predicted octanol–water partition coefficient (Wildman–Crippen LogP) is 5.95. The maximum atomic E-state index is 14.7. The molecule has 0 saturated carbocycles. The lowest BCUT2D eigenvalue weighted by Crippen LogP contribution is -2.40. The highest BCUT2D eigenvalue weighted by Gasteiger charge is 2.29. The van der Waals surface area contributed by atoms with E-state index in [-0.39, 0.29) is 24.3 Å². The first-order valence-electron chi connectivity index (χ1n) is 12.3. The van der Waals surface area contributed by atoms with E-state index >= 15 is 0 Å². The Labute approximate surface area is 208 Å². The third-order valence-electron chi connectivity index (χ3n) is 6.13. The van der Waals surface area contributed by atoms with Gasteiger partial charge in [-0.2, -0.15) is 0 Å². The van der Waals surface area contributed by atoms with Gasteiger partial charge in [0.2, 0.25) is 0 Å². The number of nitrogens with zero attached hydrogens (tertiary/aromatic N) is 2. The lowest BCUT2D eigenvalue weighted by Gasteiger charge is -2.34. The zero-order chi connectivity index (χ0) is 25.8. The Bertz CT molecular complexity index is 1080. The van der Waals surface area contributed by atoms with Crippen LogP contribution in [0.1, 0.15) is 62.8 Å². The summed E-state index contributed by atoms with van der Waals surface area (Å²) in [5.41, 5.74) is 4.84. The zero-order valence-electron chi connectivity index (χ0n) is 21.7. The Morgan fingerprint density at radius 1 is 1.14 bits per heavy atom. The molecule has 0 N–H and O–H groups in total. The van der Waals surface area contributed by atoms with Crippen molar-refractivity contribution in [1.82, 2.24) is 0 Å². The van der Waals surface area contributed by atoms with Crippen LogP contribution >= 0.6 is 0 Å². The average Bonchev–Trinajstić information content (AvgIpc) is 2.78. The Balaban J connectivity index is 1.77. The Kier molecular flexibility index (Phi) is 8.41. The van der Waals surface area contributed by atoms with E-state index in [0.29, 0.717) is 31.7 Å². The summed E-state index contributed by atoms with van der Waals surface area (Å²) in [6.07, 6.45) is 1.95. The van der Waals surface area contributed by atoms with Crippen LogP contribution in [0.5, 0.6) is 0 Å². The molecule has 0 saturated heterocycles. The number of esters is 1. The van der Waals surface area contributed by atoms with E-state index in [2.05, 4.69) is 12.1 Å². The molecule has 1 heterocycles. The fourth-order valence-electron chi connectivity index (χ4n) is 4.38. The van der Waals surface area contributed by atoms with E-state index in [0.717, 1.165) is 40.9 Å². The van der Waals surface area contributed by atoms with Crippen LogP contribution in [0.3, 0.4) is 0 Å². The van der Waals surface area contributed by atoms with Crippen molar-refractivity contribution in [3.63, 3.8) is 0 Å². The van der Waals surface area contributed by atoms with Crippen LogP contribution in [-0.2, 0) is 33.7 Å². The average molecular weight is 485 g/mol. The largest absolute Gasteiger partial charge is 0.466 e. The van der Waals surface area contributed by atoms with Gasteiger partial charge in [0.15, 0.2) is 0 Å². The van der Waals surface area contributed by atoms with Crippen LogP contribution < -0.4 is 9.80 Å². The summed E-state index contributed by atoms with van der Waals surface area (Å²) >= 11 is 0. The van der Waals surface area contributed by atoms with Crippen molar-refractivity contribution in [2.24, 2.45) is 0 Å². The maximum Gasteiger partial charge on any atom is 0.414 e. The Hall–Kier alpha value is -3.09. The first-order chi connectivity index (χ1) is 16.5. The van der Waals surface area contributed by atoms with Gasteiger partial charge >= 0.3 is 12.1 Å². The first kappa shape index (κ1) is 26.5. The summed E-state index contributed by atoms with van der Waals surface area (Å²) in [5, 5.41) is 0. The molecule has 0 aromatic heterocycles. The minimum atomic E-state index is -0.563. The molecule has 35 heavy (non-hydrogen) atoms. The fourth-order valence-corrected chi connectivity index (χ4v) is 4.38. The number of fused-ring (bicyclic) bond motifs is 1. The molecule has 0 unspecified atom stereocenters. The Morgan fingerprint density at radius 2 is 1.86 bits per heavy atom. The minimum absolute atomic E-state index is 0.155. The second kappa shape index (κ2) is 11.1. The van der Waals surface area contributed by atoms with E-state index in [1.165, 1.54) is 6.07 Å². The highest BCUT2D eigenvalue weighted by molar-refractivity contribution is 5.91. The molecular weight excluding hydrogens is 447 g/mol. The van der Waals surface area contributed by atoms with Crippen molar-refractivity contribution in [3.05, 3.63) is 58.4 Å². The molecule has 2 aromatic rings. The van der Waals surface area contributed by atoms with Gasteiger partial charge in [-0.15, -0.1) is 0 Å². The van der Waals surface area contributed by atoms with E-state index in [1.807, 2.05) is 45.7 Å². The monoisotopic (exact) mass is 484 g/mol.